The van der Waals surface area contributed by atoms with Crippen LogP contribution in [-0.2, 0) is 13.2 Å². The van der Waals surface area contributed by atoms with E-state index in [1.807, 2.05) is 53.1 Å². The van der Waals surface area contributed by atoms with Crippen molar-refractivity contribution in [2.45, 2.75) is 13.2 Å². The van der Waals surface area contributed by atoms with E-state index in [4.69, 9.17) is 9.72 Å². The van der Waals surface area contributed by atoms with Gasteiger partial charge in [0, 0.05) is 18.7 Å². The highest BCUT2D eigenvalue weighted by Gasteiger charge is 2.21. The lowest BCUT2D eigenvalue weighted by molar-refractivity contribution is -0.384. The number of nitrogens with zero attached hydrogens (tertiary/aromatic N) is 3. The molecule has 0 aliphatic heterocycles. The van der Waals surface area contributed by atoms with Crippen LogP contribution >= 0.6 is 0 Å². The predicted octanol–water partition coefficient (Wildman–Crippen LogP) is 6.38. The second-order valence-corrected chi connectivity index (χ2v) is 7.85. The minimum Gasteiger partial charge on any atom is -0.489 e. The van der Waals surface area contributed by atoms with Crippen LogP contribution in [0, 0.1) is 15.9 Å². The van der Waals surface area contributed by atoms with E-state index >= 15 is 0 Å². The molecule has 0 spiro atoms. The van der Waals surface area contributed by atoms with E-state index in [2.05, 4.69) is 0 Å². The molecule has 0 N–H and O–H groups in total. The molecule has 168 valence electrons. The number of rotatable bonds is 7. The summed E-state index contributed by atoms with van der Waals surface area (Å²) in [6.45, 7) is 0.794. The number of nitro groups is 1. The molecule has 5 rings (SSSR count). The van der Waals surface area contributed by atoms with Crippen molar-refractivity contribution in [2.24, 2.45) is 0 Å². The van der Waals surface area contributed by atoms with Crippen LogP contribution in [0.5, 0.6) is 5.75 Å². The number of hydrogen-bond acceptors (Lipinski definition) is 4. The SMILES string of the molecule is O=[N+]([O-])c1ccccc1-c1nc2cc(OCc3ccccc3)ccc2n1Cc1ccc(F)cc1. The number of para-hydroxylation sites is 1. The second kappa shape index (κ2) is 9.15. The third-order valence-corrected chi connectivity index (χ3v) is 5.56. The third-order valence-electron chi connectivity index (χ3n) is 5.56. The summed E-state index contributed by atoms with van der Waals surface area (Å²) in [7, 11) is 0. The fourth-order valence-corrected chi connectivity index (χ4v) is 3.90. The predicted molar refractivity (Wildman–Crippen MR) is 128 cm³/mol. The third kappa shape index (κ3) is 4.36. The average molecular weight is 453 g/mol. The molecule has 4 aromatic carbocycles. The molecule has 0 aliphatic carbocycles. The zero-order chi connectivity index (χ0) is 23.5. The maximum absolute atomic E-state index is 13.4. The number of ether oxygens (including phenoxy) is 1. The van der Waals surface area contributed by atoms with Gasteiger partial charge in [-0.3, -0.25) is 10.1 Å². The molecule has 0 radical (unpaired) electrons. The number of benzene rings is 4. The first-order chi connectivity index (χ1) is 16.6. The van der Waals surface area contributed by atoms with Crippen molar-refractivity contribution < 1.29 is 14.1 Å². The van der Waals surface area contributed by atoms with E-state index in [1.165, 1.54) is 18.2 Å². The monoisotopic (exact) mass is 453 g/mol. The van der Waals surface area contributed by atoms with E-state index in [1.54, 1.807) is 30.3 Å². The number of aromatic nitrogens is 2. The summed E-state index contributed by atoms with van der Waals surface area (Å²) in [5.74, 6) is 0.794. The smallest absolute Gasteiger partial charge is 0.280 e. The molecular formula is C27H20FN3O3. The molecule has 0 unspecified atom stereocenters. The van der Waals surface area contributed by atoms with Crippen molar-refractivity contribution in [3.63, 3.8) is 0 Å². The topological polar surface area (TPSA) is 70.2 Å². The lowest BCUT2D eigenvalue weighted by Crippen LogP contribution is -2.04. The van der Waals surface area contributed by atoms with Gasteiger partial charge in [0.05, 0.1) is 21.5 Å². The van der Waals surface area contributed by atoms with Crippen LogP contribution in [0.3, 0.4) is 0 Å². The molecule has 5 aromatic rings. The Kier molecular flexibility index (Phi) is 5.74. The molecule has 7 heteroatoms. The highest BCUT2D eigenvalue weighted by atomic mass is 19.1. The molecule has 0 aliphatic rings. The van der Waals surface area contributed by atoms with Crippen LogP contribution in [-0.4, -0.2) is 14.5 Å². The van der Waals surface area contributed by atoms with Gasteiger partial charge < -0.3 is 9.30 Å². The van der Waals surface area contributed by atoms with Crippen molar-refractivity contribution in [3.05, 3.63) is 124 Å². The highest BCUT2D eigenvalue weighted by molar-refractivity contribution is 5.84. The number of hydrogen-bond donors (Lipinski definition) is 0. The van der Waals surface area contributed by atoms with Gasteiger partial charge >= 0.3 is 0 Å². The van der Waals surface area contributed by atoms with Crippen molar-refractivity contribution in [3.8, 4) is 17.1 Å². The molecule has 6 nitrogen and oxygen atoms in total. The fourth-order valence-electron chi connectivity index (χ4n) is 3.90. The lowest BCUT2D eigenvalue weighted by atomic mass is 10.1. The first-order valence-corrected chi connectivity index (χ1v) is 10.7. The maximum Gasteiger partial charge on any atom is 0.280 e. The second-order valence-electron chi connectivity index (χ2n) is 7.85. The summed E-state index contributed by atoms with van der Waals surface area (Å²) >= 11 is 0. The van der Waals surface area contributed by atoms with Gasteiger partial charge in [-0.2, -0.15) is 0 Å². The molecule has 0 fully saturated rings. The number of nitro benzene ring substituents is 1. The van der Waals surface area contributed by atoms with Crippen LogP contribution in [0.2, 0.25) is 0 Å². The lowest BCUT2D eigenvalue weighted by Gasteiger charge is -2.11. The summed E-state index contributed by atoms with van der Waals surface area (Å²) in [6, 6.07) is 28.1. The Bertz CT molecular complexity index is 1460. The summed E-state index contributed by atoms with van der Waals surface area (Å²) in [6.07, 6.45) is 0. The first-order valence-electron chi connectivity index (χ1n) is 10.7. The van der Waals surface area contributed by atoms with Gasteiger partial charge in [-0.25, -0.2) is 9.37 Å². The van der Waals surface area contributed by atoms with Crippen molar-refractivity contribution >= 4 is 16.7 Å². The first kappa shape index (κ1) is 21.3. The number of fused-ring (bicyclic) bond motifs is 1. The largest absolute Gasteiger partial charge is 0.489 e. The molecule has 0 amide bonds. The summed E-state index contributed by atoms with van der Waals surface area (Å²) in [4.78, 5) is 16.0. The van der Waals surface area contributed by atoms with Crippen LogP contribution in [0.1, 0.15) is 11.1 Å². The van der Waals surface area contributed by atoms with Gasteiger partial charge in [-0.1, -0.05) is 54.6 Å². The molecule has 0 saturated carbocycles. The Hall–Kier alpha value is -4.52. The van der Waals surface area contributed by atoms with Crippen LogP contribution < -0.4 is 4.74 Å². The van der Waals surface area contributed by atoms with E-state index in [-0.39, 0.29) is 11.5 Å². The van der Waals surface area contributed by atoms with Gasteiger partial charge in [-0.15, -0.1) is 0 Å². The van der Waals surface area contributed by atoms with Crippen LogP contribution in [0.4, 0.5) is 10.1 Å². The zero-order valence-corrected chi connectivity index (χ0v) is 18.1. The Morgan fingerprint density at radius 2 is 1.62 bits per heavy atom. The van der Waals surface area contributed by atoms with Crippen molar-refractivity contribution in [1.82, 2.24) is 9.55 Å². The average Bonchev–Trinajstić information content (AvgIpc) is 3.22. The Morgan fingerprint density at radius 3 is 2.38 bits per heavy atom. The maximum atomic E-state index is 13.4. The Labute approximate surface area is 195 Å². The zero-order valence-electron chi connectivity index (χ0n) is 18.1. The summed E-state index contributed by atoms with van der Waals surface area (Å²) in [5, 5.41) is 11.7. The quantitative estimate of drug-likeness (QED) is 0.212. The van der Waals surface area contributed by atoms with E-state index in [0.717, 1.165) is 16.6 Å². The van der Waals surface area contributed by atoms with Gasteiger partial charge in [0.15, 0.2) is 0 Å². The summed E-state index contributed by atoms with van der Waals surface area (Å²) in [5.41, 5.74) is 3.73. The molecule has 0 saturated heterocycles. The van der Waals surface area contributed by atoms with E-state index < -0.39 is 4.92 Å². The minimum atomic E-state index is -0.411. The van der Waals surface area contributed by atoms with E-state index in [9.17, 15) is 14.5 Å². The minimum absolute atomic E-state index is 0.0290. The van der Waals surface area contributed by atoms with E-state index in [0.29, 0.717) is 35.8 Å². The Morgan fingerprint density at radius 1 is 0.882 bits per heavy atom. The Balaban J connectivity index is 1.58. The molecule has 34 heavy (non-hydrogen) atoms. The van der Waals surface area contributed by atoms with Crippen LogP contribution in [0.15, 0.2) is 97.1 Å². The summed E-state index contributed by atoms with van der Waals surface area (Å²) < 4.78 is 21.3. The normalized spacial score (nSPS) is 11.0. The van der Waals surface area contributed by atoms with Gasteiger partial charge in [0.25, 0.3) is 5.69 Å². The van der Waals surface area contributed by atoms with Gasteiger partial charge in [0.2, 0.25) is 0 Å². The highest BCUT2D eigenvalue weighted by Crippen LogP contribution is 2.33. The van der Waals surface area contributed by atoms with Crippen molar-refractivity contribution in [2.75, 3.05) is 0 Å². The molecule has 0 atom stereocenters. The van der Waals surface area contributed by atoms with Gasteiger partial charge in [0.1, 0.15) is 24.0 Å². The molecule has 0 bridgehead atoms. The molecule has 1 aromatic heterocycles. The number of halogens is 1. The van der Waals surface area contributed by atoms with Gasteiger partial charge in [-0.05, 0) is 41.5 Å². The van der Waals surface area contributed by atoms with Crippen molar-refractivity contribution in [1.29, 1.82) is 0 Å². The number of imidazole rings is 1. The van der Waals surface area contributed by atoms with Crippen LogP contribution in [0.25, 0.3) is 22.4 Å². The fraction of sp³-hybridized carbons (Fsp3) is 0.0741. The molecule has 1 heterocycles. The standard InChI is InChI=1S/C27H20FN3O3/c28-21-12-10-19(11-13-21)17-30-26-15-14-22(34-18-20-6-2-1-3-7-20)16-24(26)29-27(30)23-8-4-5-9-25(23)31(32)33/h1-16H,17-18H2. The molecular weight excluding hydrogens is 433 g/mol.